The second-order valence-corrected chi connectivity index (χ2v) is 6.50. The first-order chi connectivity index (χ1) is 10.0. The van der Waals surface area contributed by atoms with Crippen LogP contribution in [0.15, 0.2) is 58.2 Å². The Morgan fingerprint density at radius 2 is 2.05 bits per heavy atom. The Hall–Kier alpha value is -2.23. The summed E-state index contributed by atoms with van der Waals surface area (Å²) in [5.41, 5.74) is 0.625. The van der Waals surface area contributed by atoms with E-state index in [1.54, 1.807) is 42.5 Å². The molecule has 0 amide bonds. The first-order valence-electron chi connectivity index (χ1n) is 5.89. The lowest BCUT2D eigenvalue weighted by atomic mass is 10.3. The molecule has 1 aromatic carbocycles. The lowest BCUT2D eigenvalue weighted by Crippen LogP contribution is -2.07. The molecule has 21 heavy (non-hydrogen) atoms. The topological polar surface area (TPSA) is 83.1 Å². The van der Waals surface area contributed by atoms with E-state index in [9.17, 15) is 8.42 Å². The van der Waals surface area contributed by atoms with Crippen molar-refractivity contribution in [2.24, 2.45) is 0 Å². The molecular weight excluding hydrogens is 312 g/mol. The number of nitriles is 1. The second-order valence-electron chi connectivity index (χ2n) is 4.11. The number of rotatable bonds is 5. The molecular formula is C14H11ClN2O3S. The summed E-state index contributed by atoms with van der Waals surface area (Å²) in [6.07, 6.45) is 2.54. The molecule has 0 atom stereocenters. The van der Waals surface area contributed by atoms with Crippen LogP contribution in [0.2, 0.25) is 5.02 Å². The van der Waals surface area contributed by atoms with Crippen LogP contribution in [0, 0.1) is 11.3 Å². The third kappa shape index (κ3) is 4.12. The van der Waals surface area contributed by atoms with Crippen molar-refractivity contribution in [2.75, 3.05) is 5.32 Å². The van der Waals surface area contributed by atoms with Crippen LogP contribution in [0.25, 0.3) is 0 Å². The van der Waals surface area contributed by atoms with Gasteiger partial charge in [-0.15, -0.1) is 0 Å². The molecule has 0 saturated heterocycles. The number of nitrogens with one attached hydrogen (secondary N) is 1. The average molecular weight is 323 g/mol. The summed E-state index contributed by atoms with van der Waals surface area (Å²) in [6, 6.07) is 11.5. The molecule has 7 heteroatoms. The van der Waals surface area contributed by atoms with Gasteiger partial charge in [-0.2, -0.15) is 5.26 Å². The predicted molar refractivity (Wildman–Crippen MR) is 80.1 cm³/mol. The van der Waals surface area contributed by atoms with Gasteiger partial charge < -0.3 is 9.73 Å². The minimum atomic E-state index is -3.76. The molecule has 0 aliphatic rings. The van der Waals surface area contributed by atoms with Gasteiger partial charge in [0.1, 0.15) is 17.6 Å². The Morgan fingerprint density at radius 3 is 2.62 bits per heavy atom. The molecule has 1 N–H and O–H groups in total. The van der Waals surface area contributed by atoms with Crippen LogP contribution in [-0.2, 0) is 15.6 Å². The molecule has 0 unspecified atom stereocenters. The second kappa shape index (κ2) is 6.48. The summed E-state index contributed by atoms with van der Waals surface area (Å²) in [4.78, 5) is -0.367. The summed E-state index contributed by atoms with van der Waals surface area (Å²) in [5.74, 6) is -0.0792. The van der Waals surface area contributed by atoms with Gasteiger partial charge in [0, 0.05) is 16.9 Å². The normalized spacial score (nSPS) is 11.9. The first-order valence-corrected chi connectivity index (χ1v) is 7.92. The molecule has 0 radical (unpaired) electrons. The highest BCUT2D eigenvalue weighted by Crippen LogP contribution is 2.17. The largest absolute Gasteiger partial charge is 0.468 e. The van der Waals surface area contributed by atoms with Crippen molar-refractivity contribution in [1.29, 1.82) is 5.26 Å². The summed E-state index contributed by atoms with van der Waals surface area (Å²) in [7, 11) is -3.76. The number of benzene rings is 1. The molecule has 1 aromatic heterocycles. The van der Waals surface area contributed by atoms with Crippen LogP contribution in [0.3, 0.4) is 0 Å². The van der Waals surface area contributed by atoms with Gasteiger partial charge in [0.15, 0.2) is 14.7 Å². The third-order valence-electron chi connectivity index (χ3n) is 2.57. The maximum absolute atomic E-state index is 12.1. The number of sulfone groups is 1. The van der Waals surface area contributed by atoms with Crippen LogP contribution < -0.4 is 5.32 Å². The molecule has 0 fully saturated rings. The van der Waals surface area contributed by atoms with E-state index in [2.05, 4.69) is 5.32 Å². The average Bonchev–Trinajstić information content (AvgIpc) is 2.93. The summed E-state index contributed by atoms with van der Waals surface area (Å²) in [6.45, 7) is 0. The van der Waals surface area contributed by atoms with Gasteiger partial charge in [0.05, 0.1) is 6.26 Å². The molecule has 0 aliphatic carbocycles. The monoisotopic (exact) mass is 322 g/mol. The van der Waals surface area contributed by atoms with Crippen molar-refractivity contribution in [1.82, 2.24) is 0 Å². The third-order valence-corrected chi connectivity index (χ3v) is 4.37. The summed E-state index contributed by atoms with van der Waals surface area (Å²) < 4.78 is 29.2. The smallest absolute Gasteiger partial charge is 0.197 e. The standard InChI is InChI=1S/C14H11ClN2O3S/c15-11-3-5-12(6-4-11)17-9-14(8-16)21(18,19)10-13-2-1-7-20-13/h1-7,9,17H,10H2. The van der Waals surface area contributed by atoms with E-state index >= 15 is 0 Å². The van der Waals surface area contributed by atoms with E-state index in [0.717, 1.165) is 6.20 Å². The highest BCUT2D eigenvalue weighted by molar-refractivity contribution is 7.94. The maximum Gasteiger partial charge on any atom is 0.197 e. The molecule has 108 valence electrons. The van der Waals surface area contributed by atoms with E-state index < -0.39 is 9.84 Å². The molecule has 2 aromatic rings. The number of anilines is 1. The Labute approximate surface area is 127 Å². The van der Waals surface area contributed by atoms with Crippen molar-refractivity contribution in [3.05, 3.63) is 64.5 Å². The molecule has 0 spiro atoms. The number of halogens is 1. The first kappa shape index (κ1) is 15.2. The van der Waals surface area contributed by atoms with E-state index in [0.29, 0.717) is 10.7 Å². The lowest BCUT2D eigenvalue weighted by Gasteiger charge is -2.03. The van der Waals surface area contributed by atoms with Gasteiger partial charge >= 0.3 is 0 Å². The maximum atomic E-state index is 12.1. The molecule has 0 aliphatic heterocycles. The fraction of sp³-hybridized carbons (Fsp3) is 0.0714. The predicted octanol–water partition coefficient (Wildman–Crippen LogP) is 3.32. The minimum absolute atomic E-state index is 0.280. The number of nitrogens with zero attached hydrogens (tertiary/aromatic N) is 1. The number of furan rings is 1. The zero-order valence-corrected chi connectivity index (χ0v) is 12.4. The van der Waals surface area contributed by atoms with Crippen molar-refractivity contribution in [3.63, 3.8) is 0 Å². The fourth-order valence-electron chi connectivity index (χ4n) is 1.55. The van der Waals surface area contributed by atoms with Crippen molar-refractivity contribution >= 4 is 27.1 Å². The van der Waals surface area contributed by atoms with E-state index in [1.165, 1.54) is 6.26 Å². The zero-order chi connectivity index (χ0) is 15.3. The van der Waals surface area contributed by atoms with E-state index in [4.69, 9.17) is 21.3 Å². The van der Waals surface area contributed by atoms with Crippen molar-refractivity contribution < 1.29 is 12.8 Å². The van der Waals surface area contributed by atoms with E-state index in [-0.39, 0.29) is 16.4 Å². The van der Waals surface area contributed by atoms with Gasteiger partial charge in [0.2, 0.25) is 0 Å². The SMILES string of the molecule is N#CC(=CNc1ccc(Cl)cc1)S(=O)(=O)Cc1ccco1. The number of hydrogen-bond donors (Lipinski definition) is 1. The number of allylic oxidation sites excluding steroid dienone is 1. The molecule has 1 heterocycles. The van der Waals surface area contributed by atoms with Gasteiger partial charge in [-0.25, -0.2) is 8.42 Å². The van der Waals surface area contributed by atoms with Crippen LogP contribution >= 0.6 is 11.6 Å². The van der Waals surface area contributed by atoms with Crippen molar-refractivity contribution in [2.45, 2.75) is 5.75 Å². The van der Waals surface area contributed by atoms with E-state index in [1.807, 2.05) is 0 Å². The van der Waals surface area contributed by atoms with Crippen LogP contribution in [0.4, 0.5) is 5.69 Å². The molecule has 0 saturated carbocycles. The van der Waals surface area contributed by atoms with Crippen LogP contribution in [0.1, 0.15) is 5.76 Å². The summed E-state index contributed by atoms with van der Waals surface area (Å²) in [5, 5.41) is 12.3. The van der Waals surface area contributed by atoms with Crippen LogP contribution in [-0.4, -0.2) is 8.42 Å². The Balaban J connectivity index is 2.16. The Bertz CT molecular complexity index is 773. The van der Waals surface area contributed by atoms with Crippen LogP contribution in [0.5, 0.6) is 0 Å². The lowest BCUT2D eigenvalue weighted by molar-refractivity contribution is 0.522. The van der Waals surface area contributed by atoms with Gasteiger partial charge in [-0.05, 0) is 36.4 Å². The highest BCUT2D eigenvalue weighted by Gasteiger charge is 2.20. The molecule has 5 nitrogen and oxygen atoms in total. The Morgan fingerprint density at radius 1 is 1.33 bits per heavy atom. The quantitative estimate of drug-likeness (QED) is 0.854. The van der Waals surface area contributed by atoms with Gasteiger partial charge in [-0.1, -0.05) is 11.6 Å². The van der Waals surface area contributed by atoms with Gasteiger partial charge in [-0.3, -0.25) is 0 Å². The Kier molecular flexibility index (Phi) is 4.68. The minimum Gasteiger partial charge on any atom is -0.468 e. The summed E-state index contributed by atoms with van der Waals surface area (Å²) >= 11 is 5.75. The number of hydrogen-bond acceptors (Lipinski definition) is 5. The molecule has 0 bridgehead atoms. The zero-order valence-electron chi connectivity index (χ0n) is 10.8. The van der Waals surface area contributed by atoms with Crippen molar-refractivity contribution in [3.8, 4) is 6.07 Å². The highest BCUT2D eigenvalue weighted by atomic mass is 35.5. The fourth-order valence-corrected chi connectivity index (χ4v) is 2.74. The van der Waals surface area contributed by atoms with Gasteiger partial charge in [0.25, 0.3) is 0 Å². The molecule has 2 rings (SSSR count).